The zero-order chi connectivity index (χ0) is 11.8. The topological polar surface area (TPSA) is 68.1 Å². The number of para-hydroxylation sites is 1. The van der Waals surface area contributed by atoms with Crippen LogP contribution in [0, 0.1) is 0 Å². The van der Waals surface area contributed by atoms with Crippen LogP contribution in [0.5, 0.6) is 5.75 Å². The fourth-order valence-electron chi connectivity index (χ4n) is 1.08. The van der Waals surface area contributed by atoms with E-state index in [9.17, 15) is 4.79 Å². The highest BCUT2D eigenvalue weighted by Crippen LogP contribution is 2.12. The van der Waals surface area contributed by atoms with E-state index in [1.54, 1.807) is 24.3 Å². The number of aliphatic carboxylic acids is 1. The lowest BCUT2D eigenvalue weighted by Crippen LogP contribution is -2.27. The van der Waals surface area contributed by atoms with Crippen molar-refractivity contribution in [2.24, 2.45) is 5.16 Å². The summed E-state index contributed by atoms with van der Waals surface area (Å²) in [5.41, 5.74) is 0. The van der Waals surface area contributed by atoms with E-state index in [0.29, 0.717) is 5.75 Å². The van der Waals surface area contributed by atoms with Crippen molar-refractivity contribution in [2.75, 3.05) is 7.11 Å². The zero-order valence-corrected chi connectivity index (χ0v) is 8.87. The second-order valence-electron chi connectivity index (χ2n) is 2.96. The lowest BCUT2D eigenvalue weighted by Gasteiger charge is -2.12. The lowest BCUT2D eigenvalue weighted by molar-refractivity contribution is -0.144. The molecule has 0 amide bonds. The number of oxime groups is 1. The molecule has 0 heterocycles. The van der Waals surface area contributed by atoms with Crippen LogP contribution in [-0.2, 0) is 9.63 Å². The molecule has 1 atom stereocenters. The van der Waals surface area contributed by atoms with Crippen molar-refractivity contribution in [3.05, 3.63) is 30.3 Å². The molecule has 1 aromatic rings. The Morgan fingerprint density at radius 1 is 1.50 bits per heavy atom. The van der Waals surface area contributed by atoms with Crippen LogP contribution >= 0.6 is 0 Å². The number of rotatable bonds is 6. The monoisotopic (exact) mass is 223 g/mol. The lowest BCUT2D eigenvalue weighted by atomic mass is 10.2. The Labute approximate surface area is 93.3 Å². The van der Waals surface area contributed by atoms with Gasteiger partial charge < -0.3 is 14.7 Å². The molecule has 0 saturated carbocycles. The zero-order valence-electron chi connectivity index (χ0n) is 8.87. The Morgan fingerprint density at radius 3 is 2.75 bits per heavy atom. The second-order valence-corrected chi connectivity index (χ2v) is 2.96. The molecule has 0 spiro atoms. The molecule has 0 aliphatic carbocycles. The highest BCUT2D eigenvalue weighted by Gasteiger charge is 2.17. The van der Waals surface area contributed by atoms with Crippen LogP contribution in [0.1, 0.15) is 6.42 Å². The van der Waals surface area contributed by atoms with Crippen LogP contribution in [-0.4, -0.2) is 30.5 Å². The summed E-state index contributed by atoms with van der Waals surface area (Å²) in [4.78, 5) is 15.3. The van der Waals surface area contributed by atoms with E-state index < -0.39 is 12.1 Å². The van der Waals surface area contributed by atoms with Crippen LogP contribution in [0.15, 0.2) is 35.5 Å². The smallest absolute Gasteiger partial charge is 0.345 e. The van der Waals surface area contributed by atoms with E-state index in [1.165, 1.54) is 13.3 Å². The molecule has 0 aromatic heterocycles. The molecule has 0 saturated heterocycles. The molecule has 1 rings (SSSR count). The molecule has 1 aromatic carbocycles. The Morgan fingerprint density at radius 2 is 2.19 bits per heavy atom. The third kappa shape index (κ3) is 4.00. The number of carboxylic acids is 1. The molecule has 86 valence electrons. The molecular formula is C11H13NO4. The molecule has 0 fully saturated rings. The van der Waals surface area contributed by atoms with Crippen molar-refractivity contribution >= 4 is 12.2 Å². The minimum absolute atomic E-state index is 0.151. The average molecular weight is 223 g/mol. The van der Waals surface area contributed by atoms with E-state index >= 15 is 0 Å². The number of hydrogen-bond donors (Lipinski definition) is 1. The maximum Gasteiger partial charge on any atom is 0.345 e. The van der Waals surface area contributed by atoms with E-state index in [4.69, 9.17) is 9.84 Å². The molecule has 1 N–H and O–H groups in total. The van der Waals surface area contributed by atoms with Crippen molar-refractivity contribution in [2.45, 2.75) is 12.5 Å². The van der Waals surface area contributed by atoms with Crippen molar-refractivity contribution in [3.63, 3.8) is 0 Å². The number of benzene rings is 1. The van der Waals surface area contributed by atoms with Crippen molar-refractivity contribution in [1.29, 1.82) is 0 Å². The number of carboxylic acid groups (broad SMARTS) is 1. The fraction of sp³-hybridized carbons (Fsp3) is 0.273. The Bertz CT molecular complexity index is 350. The number of hydrogen-bond acceptors (Lipinski definition) is 4. The van der Waals surface area contributed by atoms with Crippen LogP contribution in [0.25, 0.3) is 0 Å². The van der Waals surface area contributed by atoms with Crippen LogP contribution < -0.4 is 4.74 Å². The van der Waals surface area contributed by atoms with Gasteiger partial charge in [0.2, 0.25) is 6.10 Å². The molecule has 16 heavy (non-hydrogen) atoms. The first-order valence-electron chi connectivity index (χ1n) is 4.73. The predicted octanol–water partition coefficient (Wildman–Crippen LogP) is 1.54. The summed E-state index contributed by atoms with van der Waals surface area (Å²) in [5.74, 6) is -0.521. The summed E-state index contributed by atoms with van der Waals surface area (Å²) >= 11 is 0. The maximum absolute atomic E-state index is 10.9. The molecule has 0 radical (unpaired) electrons. The largest absolute Gasteiger partial charge is 0.478 e. The van der Waals surface area contributed by atoms with Gasteiger partial charge in [-0.3, -0.25) is 0 Å². The van der Waals surface area contributed by atoms with E-state index in [1.807, 2.05) is 6.07 Å². The summed E-state index contributed by atoms with van der Waals surface area (Å²) in [6.45, 7) is 0. The van der Waals surface area contributed by atoms with E-state index in [0.717, 1.165) is 0 Å². The highest BCUT2D eigenvalue weighted by molar-refractivity contribution is 5.77. The normalized spacial score (nSPS) is 12.3. The number of carbonyl (C=O) groups is 1. The summed E-state index contributed by atoms with van der Waals surface area (Å²) in [6.07, 6.45) is 0.557. The Balaban J connectivity index is 2.58. The van der Waals surface area contributed by atoms with Gasteiger partial charge in [0.05, 0.1) is 0 Å². The molecule has 0 aliphatic heterocycles. The Hall–Kier alpha value is -2.04. The first kappa shape index (κ1) is 12.0. The maximum atomic E-state index is 10.9. The standard InChI is InChI=1S/C11H13NO4/c1-15-12-8-7-10(11(13)14)16-9-5-3-2-4-6-9/h2-6,8,10H,7H2,1H3,(H,13,14). The predicted molar refractivity (Wildman–Crippen MR) is 58.6 cm³/mol. The SMILES string of the molecule is CON=CCC(Oc1ccccc1)C(=O)O. The van der Waals surface area contributed by atoms with Crippen molar-refractivity contribution in [3.8, 4) is 5.75 Å². The third-order valence-electron chi connectivity index (χ3n) is 1.80. The van der Waals surface area contributed by atoms with Gasteiger partial charge in [-0.25, -0.2) is 4.79 Å². The van der Waals surface area contributed by atoms with Gasteiger partial charge in [0.15, 0.2) is 0 Å². The van der Waals surface area contributed by atoms with Gasteiger partial charge in [-0.1, -0.05) is 23.4 Å². The van der Waals surface area contributed by atoms with Gasteiger partial charge in [-0.2, -0.15) is 0 Å². The highest BCUT2D eigenvalue weighted by atomic mass is 16.6. The molecule has 0 bridgehead atoms. The van der Waals surface area contributed by atoms with Gasteiger partial charge in [0.1, 0.15) is 12.9 Å². The fourth-order valence-corrected chi connectivity index (χ4v) is 1.08. The number of ether oxygens (including phenoxy) is 1. The van der Waals surface area contributed by atoms with Gasteiger partial charge in [-0.15, -0.1) is 0 Å². The molecule has 5 heteroatoms. The van der Waals surface area contributed by atoms with Crippen LogP contribution in [0.4, 0.5) is 0 Å². The van der Waals surface area contributed by atoms with E-state index in [2.05, 4.69) is 9.99 Å². The quantitative estimate of drug-likeness (QED) is 0.586. The van der Waals surface area contributed by atoms with E-state index in [-0.39, 0.29) is 6.42 Å². The first-order chi connectivity index (χ1) is 7.74. The first-order valence-corrected chi connectivity index (χ1v) is 4.73. The summed E-state index contributed by atoms with van der Waals surface area (Å²) < 4.78 is 5.28. The van der Waals surface area contributed by atoms with Gasteiger partial charge >= 0.3 is 5.97 Å². The van der Waals surface area contributed by atoms with Crippen molar-refractivity contribution < 1.29 is 19.5 Å². The molecule has 5 nitrogen and oxygen atoms in total. The third-order valence-corrected chi connectivity index (χ3v) is 1.80. The minimum atomic E-state index is -1.04. The molecule has 1 unspecified atom stereocenters. The summed E-state index contributed by atoms with van der Waals surface area (Å²) in [5, 5.41) is 12.4. The van der Waals surface area contributed by atoms with Gasteiger partial charge in [-0.05, 0) is 12.1 Å². The summed E-state index contributed by atoms with van der Waals surface area (Å²) in [7, 11) is 1.39. The summed E-state index contributed by atoms with van der Waals surface area (Å²) in [6, 6.07) is 8.77. The number of nitrogens with zero attached hydrogens (tertiary/aromatic N) is 1. The minimum Gasteiger partial charge on any atom is -0.478 e. The Kier molecular flexibility index (Phi) is 4.85. The van der Waals surface area contributed by atoms with Crippen LogP contribution in [0.2, 0.25) is 0 Å². The van der Waals surface area contributed by atoms with Gasteiger partial charge in [0, 0.05) is 12.6 Å². The van der Waals surface area contributed by atoms with Crippen LogP contribution in [0.3, 0.4) is 0 Å². The van der Waals surface area contributed by atoms with Crippen molar-refractivity contribution in [1.82, 2.24) is 0 Å². The second kappa shape index (κ2) is 6.44. The van der Waals surface area contributed by atoms with Gasteiger partial charge in [0.25, 0.3) is 0 Å². The molecular weight excluding hydrogens is 210 g/mol. The molecule has 0 aliphatic rings. The average Bonchev–Trinajstić information content (AvgIpc) is 2.29.